The van der Waals surface area contributed by atoms with E-state index in [0.717, 1.165) is 42.1 Å². The van der Waals surface area contributed by atoms with Gasteiger partial charge in [-0.1, -0.05) is 37.6 Å². The van der Waals surface area contributed by atoms with Gasteiger partial charge in [0.15, 0.2) is 0 Å². The Morgan fingerprint density at radius 3 is 2.61 bits per heavy atom. The molecule has 1 fully saturated rings. The Hall–Kier alpha value is -1.02. The number of hydrogen-bond donors (Lipinski definition) is 0. The molecule has 0 spiro atoms. The minimum absolute atomic E-state index is 0.277. The van der Waals surface area contributed by atoms with Gasteiger partial charge in [-0.25, -0.2) is 0 Å². The maximum absolute atomic E-state index is 11.7. The summed E-state index contributed by atoms with van der Waals surface area (Å²) in [4.78, 5) is 13.6. The second-order valence-electron chi connectivity index (χ2n) is 4.36. The number of carbonyl (C=O) groups is 1. The molecule has 0 saturated carbocycles. The lowest BCUT2D eigenvalue weighted by Gasteiger charge is -2.26. The zero-order valence-electron chi connectivity index (χ0n) is 11.5. The van der Waals surface area contributed by atoms with Gasteiger partial charge in [0.25, 0.3) is 0 Å². The highest BCUT2D eigenvalue weighted by atomic mass is 35.5. The summed E-state index contributed by atoms with van der Waals surface area (Å²) in [5.74, 6) is 0.277. The summed E-state index contributed by atoms with van der Waals surface area (Å²) in [6.45, 7) is 7.60. The monoisotopic (exact) mass is 267 g/mol. The fraction of sp³-hybridized carbons (Fsp3) is 0.533. The first kappa shape index (κ1) is 15.0. The van der Waals surface area contributed by atoms with Gasteiger partial charge < -0.3 is 4.90 Å². The fourth-order valence-corrected chi connectivity index (χ4v) is 2.17. The third kappa shape index (κ3) is 4.02. The molecule has 2 nitrogen and oxygen atoms in total. The summed E-state index contributed by atoms with van der Waals surface area (Å²) >= 11 is 5.97. The number of hydrogen-bond acceptors (Lipinski definition) is 1. The van der Waals surface area contributed by atoms with Crippen LogP contribution >= 0.6 is 11.6 Å². The standard InChI is InChI=1S/C13H16ClNO.C2H6/c1-10-8-11(5-6-12(10)14)9-15-7-3-2-4-13(15)16;1-2/h5-6,8H,2-4,7,9H2,1H3;1-2H3. The van der Waals surface area contributed by atoms with Crippen LogP contribution in [0.3, 0.4) is 0 Å². The summed E-state index contributed by atoms with van der Waals surface area (Å²) in [6, 6.07) is 5.96. The van der Waals surface area contributed by atoms with Crippen molar-refractivity contribution in [1.82, 2.24) is 4.90 Å². The SMILES string of the molecule is CC.Cc1cc(CN2CCCCC2=O)ccc1Cl. The lowest BCUT2D eigenvalue weighted by molar-refractivity contribution is -0.133. The number of likely N-dealkylation sites (tertiary alicyclic amines) is 1. The predicted molar refractivity (Wildman–Crippen MR) is 76.8 cm³/mol. The summed E-state index contributed by atoms with van der Waals surface area (Å²) in [6.07, 6.45) is 2.86. The van der Waals surface area contributed by atoms with Gasteiger partial charge in [0.1, 0.15) is 0 Å². The first-order valence-corrected chi connectivity index (χ1v) is 7.07. The second-order valence-corrected chi connectivity index (χ2v) is 4.76. The number of halogens is 1. The Balaban J connectivity index is 0.000000771. The van der Waals surface area contributed by atoms with E-state index in [-0.39, 0.29) is 5.91 Å². The summed E-state index contributed by atoms with van der Waals surface area (Å²) in [5, 5.41) is 0.786. The molecule has 0 atom stereocenters. The largest absolute Gasteiger partial charge is 0.338 e. The highest BCUT2D eigenvalue weighted by Gasteiger charge is 2.17. The van der Waals surface area contributed by atoms with E-state index < -0.39 is 0 Å². The van der Waals surface area contributed by atoms with Crippen LogP contribution in [0.2, 0.25) is 5.02 Å². The van der Waals surface area contributed by atoms with Crippen LogP contribution in [0.4, 0.5) is 0 Å². The van der Waals surface area contributed by atoms with E-state index in [2.05, 4.69) is 6.07 Å². The Kier molecular flexibility index (Phi) is 6.20. The predicted octanol–water partition coefficient (Wildman–Crippen LogP) is 4.19. The molecule has 0 bridgehead atoms. The number of carbonyl (C=O) groups excluding carboxylic acids is 1. The van der Waals surface area contributed by atoms with Crippen molar-refractivity contribution in [2.24, 2.45) is 0 Å². The molecule has 1 aliphatic rings. The quantitative estimate of drug-likeness (QED) is 0.787. The van der Waals surface area contributed by atoms with Gasteiger partial charge in [0.2, 0.25) is 5.91 Å². The number of benzene rings is 1. The van der Waals surface area contributed by atoms with Crippen molar-refractivity contribution in [1.29, 1.82) is 0 Å². The van der Waals surface area contributed by atoms with Crippen molar-refractivity contribution in [2.45, 2.75) is 46.6 Å². The van der Waals surface area contributed by atoms with E-state index >= 15 is 0 Å². The van der Waals surface area contributed by atoms with Crippen molar-refractivity contribution in [3.63, 3.8) is 0 Å². The Morgan fingerprint density at radius 2 is 2.00 bits per heavy atom. The van der Waals surface area contributed by atoms with Crippen molar-refractivity contribution < 1.29 is 4.79 Å². The van der Waals surface area contributed by atoms with E-state index in [1.54, 1.807) is 0 Å². The average Bonchev–Trinajstić information content (AvgIpc) is 2.39. The van der Waals surface area contributed by atoms with Gasteiger partial charge in [-0.05, 0) is 37.0 Å². The van der Waals surface area contributed by atoms with E-state index in [4.69, 9.17) is 11.6 Å². The number of aryl methyl sites for hydroxylation is 1. The van der Waals surface area contributed by atoms with Crippen LogP contribution < -0.4 is 0 Å². The third-order valence-corrected chi connectivity index (χ3v) is 3.44. The molecule has 0 aliphatic carbocycles. The molecule has 1 heterocycles. The number of piperidine rings is 1. The first-order chi connectivity index (χ1) is 8.66. The van der Waals surface area contributed by atoms with E-state index in [1.165, 1.54) is 0 Å². The minimum Gasteiger partial charge on any atom is -0.338 e. The molecule has 2 rings (SSSR count). The first-order valence-electron chi connectivity index (χ1n) is 6.69. The van der Waals surface area contributed by atoms with Crippen LogP contribution in [0.1, 0.15) is 44.2 Å². The lowest BCUT2D eigenvalue weighted by atomic mass is 10.1. The van der Waals surface area contributed by atoms with Gasteiger partial charge >= 0.3 is 0 Å². The molecular weight excluding hydrogens is 246 g/mol. The second kappa shape index (κ2) is 7.42. The van der Waals surface area contributed by atoms with E-state index in [9.17, 15) is 4.79 Å². The van der Waals surface area contributed by atoms with Gasteiger partial charge in [-0.15, -0.1) is 0 Å². The maximum Gasteiger partial charge on any atom is 0.222 e. The normalized spacial score (nSPS) is 15.1. The van der Waals surface area contributed by atoms with E-state index in [0.29, 0.717) is 6.42 Å². The smallest absolute Gasteiger partial charge is 0.222 e. The van der Waals surface area contributed by atoms with Crippen LogP contribution in [0.15, 0.2) is 18.2 Å². The summed E-state index contributed by atoms with van der Waals surface area (Å²) in [7, 11) is 0. The number of amides is 1. The van der Waals surface area contributed by atoms with Crippen LogP contribution in [-0.4, -0.2) is 17.4 Å². The molecule has 0 aromatic heterocycles. The third-order valence-electron chi connectivity index (χ3n) is 3.02. The lowest BCUT2D eigenvalue weighted by Crippen LogP contribution is -2.34. The number of nitrogens with zero attached hydrogens (tertiary/aromatic N) is 1. The molecule has 0 radical (unpaired) electrons. The van der Waals surface area contributed by atoms with Crippen molar-refractivity contribution in [3.8, 4) is 0 Å². The molecule has 3 heteroatoms. The van der Waals surface area contributed by atoms with Crippen LogP contribution in [0, 0.1) is 6.92 Å². The molecule has 0 N–H and O–H groups in total. The van der Waals surface area contributed by atoms with Crippen molar-refractivity contribution in [3.05, 3.63) is 34.3 Å². The maximum atomic E-state index is 11.7. The Morgan fingerprint density at radius 1 is 1.28 bits per heavy atom. The van der Waals surface area contributed by atoms with Gasteiger partial charge in [-0.2, -0.15) is 0 Å². The molecule has 1 saturated heterocycles. The molecule has 100 valence electrons. The van der Waals surface area contributed by atoms with Crippen LogP contribution in [0.25, 0.3) is 0 Å². The summed E-state index contributed by atoms with van der Waals surface area (Å²) < 4.78 is 0. The number of rotatable bonds is 2. The van der Waals surface area contributed by atoms with E-state index in [1.807, 2.05) is 37.8 Å². The molecule has 0 unspecified atom stereocenters. The van der Waals surface area contributed by atoms with Gasteiger partial charge in [0, 0.05) is 24.5 Å². The minimum atomic E-state index is 0.277. The summed E-state index contributed by atoms with van der Waals surface area (Å²) in [5.41, 5.74) is 2.24. The fourth-order valence-electron chi connectivity index (χ4n) is 2.05. The molecule has 1 aromatic rings. The molecule has 18 heavy (non-hydrogen) atoms. The zero-order valence-corrected chi connectivity index (χ0v) is 12.3. The molecule has 1 aliphatic heterocycles. The average molecular weight is 268 g/mol. The molecule has 1 amide bonds. The molecular formula is C15H22ClNO. The van der Waals surface area contributed by atoms with Crippen LogP contribution in [-0.2, 0) is 11.3 Å². The Bertz CT molecular complexity index is 403. The highest BCUT2D eigenvalue weighted by Crippen LogP contribution is 2.19. The van der Waals surface area contributed by atoms with Gasteiger partial charge in [0.05, 0.1) is 0 Å². The Labute approximate surface area is 115 Å². The van der Waals surface area contributed by atoms with Crippen molar-refractivity contribution in [2.75, 3.05) is 6.54 Å². The highest BCUT2D eigenvalue weighted by molar-refractivity contribution is 6.31. The molecule has 1 aromatic carbocycles. The van der Waals surface area contributed by atoms with Crippen molar-refractivity contribution >= 4 is 17.5 Å². The zero-order chi connectivity index (χ0) is 13.5. The van der Waals surface area contributed by atoms with Crippen LogP contribution in [0.5, 0.6) is 0 Å². The van der Waals surface area contributed by atoms with Gasteiger partial charge in [-0.3, -0.25) is 4.79 Å². The topological polar surface area (TPSA) is 20.3 Å².